The molecule has 2 rings (SSSR count). The van der Waals surface area contributed by atoms with Crippen molar-refractivity contribution in [3.05, 3.63) is 59.2 Å². The quantitative estimate of drug-likeness (QED) is 0.487. The Labute approximate surface area is 159 Å². The zero-order valence-corrected chi connectivity index (χ0v) is 18.2. The Kier molecular flexibility index (Phi) is 11.3. The molecule has 0 amide bonds. The van der Waals surface area contributed by atoms with Crippen LogP contribution in [0.15, 0.2) is 0 Å². The maximum Gasteiger partial charge on any atom is 0 e. The van der Waals surface area contributed by atoms with Crippen LogP contribution in [0.5, 0.6) is 0 Å². The van der Waals surface area contributed by atoms with Gasteiger partial charge < -0.3 is 8.41 Å². The van der Waals surface area contributed by atoms with E-state index in [-0.39, 0.29) is 30.8 Å². The Morgan fingerprint density at radius 3 is 0.364 bits per heavy atom. The first-order chi connectivity index (χ1) is 9.11. The van der Waals surface area contributed by atoms with Crippen molar-refractivity contribution >= 4 is 8.41 Å². The summed E-state index contributed by atoms with van der Waals surface area (Å²) in [5.74, 6) is 14.7. The average Bonchev–Trinajstić information content (AvgIpc) is 2.71. The van der Waals surface area contributed by atoms with Gasteiger partial charge in [0.05, 0.1) is 0 Å². The van der Waals surface area contributed by atoms with Crippen molar-refractivity contribution in [1.82, 2.24) is 0 Å². The summed E-state index contributed by atoms with van der Waals surface area (Å²) in [5, 5.41) is 0. The van der Waals surface area contributed by atoms with Crippen LogP contribution in [0.4, 0.5) is 0 Å². The van der Waals surface area contributed by atoms with Gasteiger partial charge in [-0.25, -0.2) is 0 Å². The molecule has 0 aliphatic heterocycles. The smallest absolute Gasteiger partial charge is 0 e. The summed E-state index contributed by atoms with van der Waals surface area (Å²) in [7, 11) is 0. The van der Waals surface area contributed by atoms with E-state index in [1.165, 1.54) is 59.2 Å². The Morgan fingerprint density at radius 1 is 0.273 bits per heavy atom. The van der Waals surface area contributed by atoms with Crippen LogP contribution in [0, 0.1) is 59.2 Å². The molecular weight excluding hydrogens is 344 g/mol. The van der Waals surface area contributed by atoms with Gasteiger partial charge in [-0.3, -0.25) is 0 Å². The summed E-state index contributed by atoms with van der Waals surface area (Å²) in [6.07, 6.45) is 0. The topological polar surface area (TPSA) is 0 Å². The molecule has 0 N–H and O–H groups in total. The standard InChI is InChI=1S/2C10H15.B.Nb/c2*1-6-7(2)9(4)10(5)8(6)3;;/h2*1-5H3;;/q;;-1;. The molecule has 15 radical (unpaired) electrons. The molecule has 0 unspecified atom stereocenters. The minimum atomic E-state index is 0. The summed E-state index contributed by atoms with van der Waals surface area (Å²) in [6, 6.07) is 0. The first-order valence-electron chi connectivity index (χ1n) is 7.50. The normalized spacial score (nSPS) is 25.9. The third kappa shape index (κ3) is 4.90. The zero-order chi connectivity index (χ0) is 15.8. The largest absolute Gasteiger partial charge is 1.00 e. The van der Waals surface area contributed by atoms with Crippen LogP contribution in [0.2, 0.25) is 0 Å². The minimum absolute atomic E-state index is 0. The first-order valence-corrected chi connectivity index (χ1v) is 7.50. The van der Waals surface area contributed by atoms with Crippen molar-refractivity contribution in [1.29, 1.82) is 0 Å². The predicted molar refractivity (Wildman–Crippen MR) is 94.9 cm³/mol. The van der Waals surface area contributed by atoms with E-state index in [1.54, 1.807) is 0 Å². The molecule has 2 aliphatic carbocycles. The Bertz CT molecular complexity index is 186. The second-order valence-corrected chi connectivity index (χ2v) is 6.25. The van der Waals surface area contributed by atoms with E-state index >= 15 is 0 Å². The van der Waals surface area contributed by atoms with Crippen LogP contribution in [-0.4, -0.2) is 8.41 Å². The molecule has 0 nitrogen and oxygen atoms in total. The third-order valence-electron chi connectivity index (χ3n) is 5.62. The molecule has 0 spiro atoms. The Hall–Kier alpha value is 0.805. The summed E-state index contributed by atoms with van der Waals surface area (Å²) in [5.41, 5.74) is 0. The second kappa shape index (κ2) is 9.95. The molecule has 2 heteroatoms. The van der Waals surface area contributed by atoms with Gasteiger partial charge in [-0.2, -0.15) is 0 Å². The second-order valence-electron chi connectivity index (χ2n) is 6.25. The van der Waals surface area contributed by atoms with Gasteiger partial charge in [0, 0.05) is 22.4 Å². The van der Waals surface area contributed by atoms with Gasteiger partial charge >= 0.3 is 0 Å². The van der Waals surface area contributed by atoms with Crippen molar-refractivity contribution in [2.45, 2.75) is 69.2 Å². The fraction of sp³-hybridized carbons (Fsp3) is 0.500. The van der Waals surface area contributed by atoms with Crippen molar-refractivity contribution in [3.63, 3.8) is 0 Å². The van der Waals surface area contributed by atoms with E-state index in [2.05, 4.69) is 69.2 Å². The van der Waals surface area contributed by atoms with Crippen LogP contribution in [-0.2, 0) is 22.4 Å². The summed E-state index contributed by atoms with van der Waals surface area (Å²) < 4.78 is 0. The van der Waals surface area contributed by atoms with Gasteiger partial charge in [0.2, 0.25) is 0 Å². The van der Waals surface area contributed by atoms with Gasteiger partial charge in [0.25, 0.3) is 0 Å². The van der Waals surface area contributed by atoms with E-state index in [1.807, 2.05) is 0 Å². The van der Waals surface area contributed by atoms with Gasteiger partial charge in [0.15, 0.2) is 0 Å². The van der Waals surface area contributed by atoms with E-state index in [0.29, 0.717) is 0 Å². The summed E-state index contributed by atoms with van der Waals surface area (Å²) >= 11 is 0. The van der Waals surface area contributed by atoms with Gasteiger partial charge in [0.1, 0.15) is 0 Å². The molecule has 0 aromatic heterocycles. The summed E-state index contributed by atoms with van der Waals surface area (Å²) in [4.78, 5) is 0. The fourth-order valence-electron chi connectivity index (χ4n) is 2.81. The van der Waals surface area contributed by atoms with E-state index in [4.69, 9.17) is 0 Å². The molecule has 0 heterocycles. The monoisotopic (exact) mass is 374 g/mol. The van der Waals surface area contributed by atoms with Gasteiger partial charge in [-0.1, -0.05) is 69.2 Å². The van der Waals surface area contributed by atoms with Crippen molar-refractivity contribution in [2.75, 3.05) is 0 Å². The van der Waals surface area contributed by atoms with Crippen LogP contribution in [0.25, 0.3) is 0 Å². The molecule has 2 saturated carbocycles. The Balaban J connectivity index is 0. The molecule has 2 aliphatic rings. The van der Waals surface area contributed by atoms with E-state index in [9.17, 15) is 0 Å². The SMILES string of the molecule is C[C]1[C](C)[C](C)[C](C)[C]1C.C[C]1[C](C)[C](C)[C](C)[C]1C.[B-].[Nb]. The number of hydrogen-bond acceptors (Lipinski definition) is 0. The molecule has 0 aromatic rings. The third-order valence-corrected chi connectivity index (χ3v) is 5.62. The average molecular weight is 374 g/mol. The first kappa shape index (κ1) is 25.1. The molecular formula is C20H30BNb-. The van der Waals surface area contributed by atoms with Crippen molar-refractivity contribution in [3.8, 4) is 0 Å². The molecule has 119 valence electrons. The molecule has 2 fully saturated rings. The Morgan fingerprint density at radius 2 is 0.318 bits per heavy atom. The van der Waals surface area contributed by atoms with Crippen LogP contribution < -0.4 is 0 Å². The van der Waals surface area contributed by atoms with E-state index in [0.717, 1.165) is 0 Å². The minimum Gasteiger partial charge on any atom is -1.00 e. The van der Waals surface area contributed by atoms with E-state index < -0.39 is 0 Å². The fourth-order valence-corrected chi connectivity index (χ4v) is 2.81. The predicted octanol–water partition coefficient (Wildman–Crippen LogP) is 5.56. The molecule has 22 heavy (non-hydrogen) atoms. The summed E-state index contributed by atoms with van der Waals surface area (Å²) in [6.45, 7) is 22.0. The zero-order valence-electron chi connectivity index (χ0n) is 16.0. The van der Waals surface area contributed by atoms with Crippen LogP contribution in [0.3, 0.4) is 0 Å². The number of rotatable bonds is 0. The van der Waals surface area contributed by atoms with Crippen molar-refractivity contribution in [2.24, 2.45) is 0 Å². The van der Waals surface area contributed by atoms with Crippen LogP contribution in [0.1, 0.15) is 69.2 Å². The molecule has 0 bridgehead atoms. The molecule has 0 aromatic carbocycles. The van der Waals surface area contributed by atoms with Crippen LogP contribution >= 0.6 is 0 Å². The number of hydrogen-bond donors (Lipinski definition) is 0. The molecule has 0 saturated heterocycles. The maximum atomic E-state index is 2.20. The molecule has 0 atom stereocenters. The van der Waals surface area contributed by atoms with Crippen molar-refractivity contribution < 1.29 is 22.4 Å². The van der Waals surface area contributed by atoms with Gasteiger partial charge in [-0.05, 0) is 59.2 Å². The van der Waals surface area contributed by atoms with Gasteiger partial charge in [-0.15, -0.1) is 0 Å². The maximum absolute atomic E-state index is 2.20.